The highest BCUT2D eigenvalue weighted by Crippen LogP contribution is 2.59. The quantitative estimate of drug-likeness (QED) is 0.746. The second-order valence-electron chi connectivity index (χ2n) is 3.62. The number of carbonyl (C=O) groups is 1. The second kappa shape index (κ2) is 9.31. The number of hydrogen-bond donors (Lipinski definition) is 1. The standard InChI is InChI=1S/C5H12NO3PS2.C4H8O2S/c1-6-5(7)4-12-10(11,8-2)9-3;5-7(6)3-1-2-4-7/h4H2,1-3H3,(H,6,7);1-4H2. The summed E-state index contributed by atoms with van der Waals surface area (Å²) in [6, 6.07) is 0. The molecule has 0 saturated carbocycles. The molecule has 1 heterocycles. The van der Waals surface area contributed by atoms with Gasteiger partial charge in [0.05, 0.1) is 17.3 Å². The molecule has 1 aliphatic heterocycles. The Morgan fingerprint density at radius 1 is 1.32 bits per heavy atom. The average Bonchev–Trinajstić information content (AvgIpc) is 2.80. The fourth-order valence-corrected chi connectivity index (χ4v) is 5.34. The minimum absolute atomic E-state index is 0.0803. The van der Waals surface area contributed by atoms with Gasteiger partial charge >= 0.3 is 0 Å². The van der Waals surface area contributed by atoms with Gasteiger partial charge in [-0.15, -0.1) is 0 Å². The van der Waals surface area contributed by atoms with Crippen molar-refractivity contribution in [2.75, 3.05) is 38.5 Å². The summed E-state index contributed by atoms with van der Waals surface area (Å²) >= 11 is 6.25. The Bertz CT molecular complexity index is 406. The van der Waals surface area contributed by atoms with Crippen molar-refractivity contribution in [2.24, 2.45) is 0 Å². The van der Waals surface area contributed by atoms with Crippen LogP contribution in [0, 0.1) is 0 Å². The van der Waals surface area contributed by atoms with E-state index in [0.29, 0.717) is 11.5 Å². The van der Waals surface area contributed by atoms with Gasteiger partial charge in [0.1, 0.15) is 9.84 Å². The average molecular weight is 349 g/mol. The first-order valence-corrected chi connectivity index (χ1v) is 11.6. The summed E-state index contributed by atoms with van der Waals surface area (Å²) in [6.45, 7) is 0. The summed E-state index contributed by atoms with van der Waals surface area (Å²) in [5, 5.41) is 2.49. The molecule has 0 bridgehead atoms. The van der Waals surface area contributed by atoms with Crippen molar-refractivity contribution in [3.05, 3.63) is 0 Å². The third-order valence-electron chi connectivity index (χ3n) is 2.24. The van der Waals surface area contributed by atoms with Gasteiger partial charge in [0.15, 0.2) is 0 Å². The molecule has 114 valence electrons. The maximum Gasteiger partial charge on any atom is 0.247 e. The van der Waals surface area contributed by atoms with Crippen LogP contribution in [0.15, 0.2) is 0 Å². The fraction of sp³-hybridized carbons (Fsp3) is 0.889. The van der Waals surface area contributed by atoms with Gasteiger partial charge in [0.2, 0.25) is 11.6 Å². The molecule has 0 aromatic carbocycles. The van der Waals surface area contributed by atoms with Crippen LogP contribution >= 0.6 is 17.1 Å². The molecule has 19 heavy (non-hydrogen) atoms. The molecular formula is C9H20NO5PS3. The molecule has 0 spiro atoms. The summed E-state index contributed by atoms with van der Waals surface area (Å²) in [5.41, 5.74) is -2.26. The van der Waals surface area contributed by atoms with Crippen LogP contribution in [0.3, 0.4) is 0 Å². The van der Waals surface area contributed by atoms with Gasteiger partial charge in [-0.05, 0) is 24.6 Å². The third kappa shape index (κ3) is 8.99. The Kier molecular flexibility index (Phi) is 9.47. The van der Waals surface area contributed by atoms with Gasteiger partial charge in [-0.25, -0.2) is 8.42 Å². The van der Waals surface area contributed by atoms with Crippen LogP contribution in [0.4, 0.5) is 0 Å². The predicted molar refractivity (Wildman–Crippen MR) is 82.7 cm³/mol. The molecule has 0 unspecified atom stereocenters. The first-order valence-electron chi connectivity index (χ1n) is 5.55. The number of rotatable bonds is 5. The van der Waals surface area contributed by atoms with E-state index < -0.39 is 15.5 Å². The highest BCUT2D eigenvalue weighted by Gasteiger charge is 2.17. The van der Waals surface area contributed by atoms with E-state index in [1.54, 1.807) is 7.05 Å². The van der Waals surface area contributed by atoms with Crippen LogP contribution in [0.1, 0.15) is 12.8 Å². The molecule has 1 N–H and O–H groups in total. The largest absolute Gasteiger partial charge is 0.358 e. The highest BCUT2D eigenvalue weighted by molar-refractivity contribution is 8.68. The van der Waals surface area contributed by atoms with Crippen molar-refractivity contribution < 1.29 is 22.3 Å². The molecule has 0 aliphatic carbocycles. The van der Waals surface area contributed by atoms with Gasteiger partial charge in [-0.1, -0.05) is 11.4 Å². The zero-order valence-corrected chi connectivity index (χ0v) is 14.6. The van der Waals surface area contributed by atoms with E-state index in [0.717, 1.165) is 12.8 Å². The summed E-state index contributed by atoms with van der Waals surface area (Å²) in [4.78, 5) is 10.8. The zero-order chi connectivity index (χ0) is 14.9. The molecule has 10 heteroatoms. The second-order valence-corrected chi connectivity index (χ2v) is 12.4. The lowest BCUT2D eigenvalue weighted by molar-refractivity contribution is -0.118. The van der Waals surface area contributed by atoms with Gasteiger partial charge in [0.25, 0.3) is 0 Å². The monoisotopic (exact) mass is 349 g/mol. The van der Waals surface area contributed by atoms with Gasteiger partial charge < -0.3 is 14.4 Å². The zero-order valence-electron chi connectivity index (χ0n) is 11.2. The van der Waals surface area contributed by atoms with Crippen LogP contribution in [0.5, 0.6) is 0 Å². The topological polar surface area (TPSA) is 81.7 Å². The Morgan fingerprint density at radius 3 is 2.05 bits per heavy atom. The van der Waals surface area contributed by atoms with Crippen molar-refractivity contribution in [2.45, 2.75) is 12.8 Å². The highest BCUT2D eigenvalue weighted by atomic mass is 32.9. The van der Waals surface area contributed by atoms with E-state index in [1.807, 2.05) is 0 Å². The number of hydrogen-bond acceptors (Lipinski definition) is 7. The molecule has 1 rings (SSSR count). The van der Waals surface area contributed by atoms with Gasteiger partial charge in [0, 0.05) is 21.3 Å². The fourth-order valence-electron chi connectivity index (χ4n) is 1.14. The van der Waals surface area contributed by atoms with Crippen LogP contribution in [-0.4, -0.2) is 52.9 Å². The summed E-state index contributed by atoms with van der Waals surface area (Å²) in [7, 11) is 2.00. The van der Waals surface area contributed by atoms with Crippen molar-refractivity contribution >= 4 is 44.6 Å². The Morgan fingerprint density at radius 2 is 1.79 bits per heavy atom. The van der Waals surface area contributed by atoms with Gasteiger partial charge in [-0.2, -0.15) is 0 Å². The lowest BCUT2D eigenvalue weighted by Crippen LogP contribution is -2.19. The minimum Gasteiger partial charge on any atom is -0.358 e. The maximum atomic E-state index is 10.8. The number of nitrogens with one attached hydrogen (secondary N) is 1. The number of carbonyl (C=O) groups excluding carboxylic acids is 1. The SMILES string of the molecule is CNC(=O)CSP(=S)(OC)OC.O=S1(=O)CCCC1. The maximum absolute atomic E-state index is 10.8. The third-order valence-corrected chi connectivity index (χ3v) is 9.74. The summed E-state index contributed by atoms with van der Waals surface area (Å²) in [5.74, 6) is 1.04. The molecular weight excluding hydrogens is 329 g/mol. The van der Waals surface area contributed by atoms with Crippen LogP contribution in [-0.2, 0) is 35.5 Å². The van der Waals surface area contributed by atoms with Crippen molar-refractivity contribution in [1.29, 1.82) is 0 Å². The molecule has 0 atom stereocenters. The van der Waals surface area contributed by atoms with E-state index in [4.69, 9.17) is 20.9 Å². The van der Waals surface area contributed by atoms with Crippen molar-refractivity contribution in [3.63, 3.8) is 0 Å². The molecule has 6 nitrogen and oxygen atoms in total. The first kappa shape index (κ1) is 19.3. The lowest BCUT2D eigenvalue weighted by atomic mass is 10.4. The molecule has 1 fully saturated rings. The van der Waals surface area contributed by atoms with E-state index >= 15 is 0 Å². The predicted octanol–water partition coefficient (Wildman–Crippen LogP) is 1.18. The van der Waals surface area contributed by atoms with Crippen molar-refractivity contribution in [3.8, 4) is 0 Å². The van der Waals surface area contributed by atoms with E-state index in [2.05, 4.69) is 5.32 Å². The van der Waals surface area contributed by atoms with E-state index in [-0.39, 0.29) is 11.7 Å². The molecule has 0 aromatic heterocycles. The molecule has 0 aromatic rings. The molecule has 1 saturated heterocycles. The summed E-state index contributed by atoms with van der Waals surface area (Å²) in [6.07, 6.45) is 1.75. The van der Waals surface area contributed by atoms with E-state index in [1.165, 1.54) is 25.6 Å². The van der Waals surface area contributed by atoms with Crippen LogP contribution in [0.25, 0.3) is 0 Å². The Labute approximate surface area is 123 Å². The van der Waals surface area contributed by atoms with Crippen LogP contribution in [0.2, 0.25) is 0 Å². The Balaban J connectivity index is 0.000000388. The smallest absolute Gasteiger partial charge is 0.247 e. The number of sulfone groups is 1. The molecule has 1 aliphatic rings. The molecule has 1 amide bonds. The van der Waals surface area contributed by atoms with Crippen molar-refractivity contribution in [1.82, 2.24) is 5.32 Å². The lowest BCUT2D eigenvalue weighted by Gasteiger charge is -2.15. The normalized spacial score (nSPS) is 17.4. The number of amides is 1. The first-order chi connectivity index (χ1) is 8.78. The minimum atomic E-state index is -2.55. The van der Waals surface area contributed by atoms with E-state index in [9.17, 15) is 13.2 Å². The molecule has 0 radical (unpaired) electrons. The Hall–Kier alpha value is 0.340. The summed E-state index contributed by atoms with van der Waals surface area (Å²) < 4.78 is 30.8. The van der Waals surface area contributed by atoms with Crippen LogP contribution < -0.4 is 5.32 Å². The van der Waals surface area contributed by atoms with Gasteiger partial charge in [-0.3, -0.25) is 4.79 Å².